The number of anilines is 1. The molecule has 0 saturated carbocycles. The number of rotatable bonds is 2. The zero-order valence-electron chi connectivity index (χ0n) is 10.6. The van der Waals surface area contributed by atoms with Gasteiger partial charge in [-0.3, -0.25) is 9.59 Å². The van der Waals surface area contributed by atoms with Gasteiger partial charge in [0, 0.05) is 6.07 Å². The molecule has 7 nitrogen and oxygen atoms in total. The van der Waals surface area contributed by atoms with E-state index in [0.29, 0.717) is 0 Å². The normalized spacial score (nSPS) is 11.3. The van der Waals surface area contributed by atoms with E-state index in [1.54, 1.807) is 0 Å². The van der Waals surface area contributed by atoms with E-state index in [0.717, 1.165) is 0 Å². The van der Waals surface area contributed by atoms with Crippen molar-refractivity contribution in [3.63, 3.8) is 0 Å². The van der Waals surface area contributed by atoms with Crippen LogP contribution in [0.5, 0.6) is 11.5 Å². The van der Waals surface area contributed by atoms with Crippen molar-refractivity contribution < 1.29 is 13.9 Å². The molecule has 0 aliphatic heterocycles. The Bertz CT molecular complexity index is 990. The van der Waals surface area contributed by atoms with Gasteiger partial charge in [-0.15, -0.1) is 0 Å². The lowest BCUT2D eigenvalue weighted by atomic mass is 10.0. The van der Waals surface area contributed by atoms with Gasteiger partial charge < -0.3 is 19.6 Å². The van der Waals surface area contributed by atoms with E-state index in [2.05, 4.69) is 0 Å². The van der Waals surface area contributed by atoms with Gasteiger partial charge in [-0.25, -0.2) is 4.79 Å². The maximum absolute atomic E-state index is 11.7. The third kappa shape index (κ3) is 1.26. The van der Waals surface area contributed by atoms with Crippen LogP contribution < -0.4 is 31.7 Å². The molecular formula is C13H9NO6. The van der Waals surface area contributed by atoms with Crippen LogP contribution in [0, 0.1) is 0 Å². The highest BCUT2D eigenvalue weighted by Gasteiger charge is 2.25. The molecule has 2 N–H and O–H groups in total. The first kappa shape index (κ1) is 12.2. The third-order valence-corrected chi connectivity index (χ3v) is 3.24. The van der Waals surface area contributed by atoms with Crippen molar-refractivity contribution in [1.82, 2.24) is 0 Å². The smallest absolute Gasteiger partial charge is 0.348 e. The number of nitrogen functional groups attached to an aromatic ring is 1. The van der Waals surface area contributed by atoms with Crippen LogP contribution in [-0.4, -0.2) is 14.2 Å². The van der Waals surface area contributed by atoms with Gasteiger partial charge in [-0.2, -0.15) is 0 Å². The molecule has 1 heterocycles. The lowest BCUT2D eigenvalue weighted by Crippen LogP contribution is -2.35. The summed E-state index contributed by atoms with van der Waals surface area (Å²) in [5, 5.41) is -0.0806. The van der Waals surface area contributed by atoms with E-state index < -0.39 is 16.5 Å². The van der Waals surface area contributed by atoms with E-state index in [1.165, 1.54) is 20.3 Å². The summed E-state index contributed by atoms with van der Waals surface area (Å²) in [6.45, 7) is 0. The van der Waals surface area contributed by atoms with Gasteiger partial charge in [0.05, 0.1) is 30.7 Å². The molecule has 0 spiro atoms. The lowest BCUT2D eigenvalue weighted by molar-refractivity contribution is 0.356. The summed E-state index contributed by atoms with van der Waals surface area (Å²) in [6.07, 6.45) is 0. The van der Waals surface area contributed by atoms with Crippen molar-refractivity contribution in [2.45, 2.75) is 0 Å². The predicted octanol–water partition coefficient (Wildman–Crippen LogP) is 0.142. The monoisotopic (exact) mass is 275 g/mol. The Hall–Kier alpha value is -2.83. The van der Waals surface area contributed by atoms with Gasteiger partial charge in [-0.1, -0.05) is 0 Å². The van der Waals surface area contributed by atoms with Crippen molar-refractivity contribution in [3.05, 3.63) is 36.9 Å². The molecule has 0 amide bonds. The van der Waals surface area contributed by atoms with Crippen LogP contribution in [0.4, 0.5) is 5.69 Å². The fourth-order valence-corrected chi connectivity index (χ4v) is 2.31. The third-order valence-electron chi connectivity index (χ3n) is 3.24. The van der Waals surface area contributed by atoms with Crippen LogP contribution in [0.3, 0.4) is 0 Å². The van der Waals surface area contributed by atoms with Crippen molar-refractivity contribution in [3.8, 4) is 11.5 Å². The summed E-state index contributed by atoms with van der Waals surface area (Å²) in [5.74, 6) is 0.474. The number of ether oxygens (including phenoxy) is 2. The lowest BCUT2D eigenvalue weighted by Gasteiger charge is -2.13. The number of hydrogen-bond acceptors (Lipinski definition) is 7. The highest BCUT2D eigenvalue weighted by molar-refractivity contribution is 6.14. The Morgan fingerprint density at radius 1 is 1.00 bits per heavy atom. The quantitative estimate of drug-likeness (QED) is 0.402. The molecular weight excluding hydrogens is 266 g/mol. The summed E-state index contributed by atoms with van der Waals surface area (Å²) >= 11 is 0. The molecule has 0 unspecified atom stereocenters. The van der Waals surface area contributed by atoms with Gasteiger partial charge in [0.25, 0.3) is 0 Å². The van der Waals surface area contributed by atoms with Gasteiger partial charge in [-0.05, 0) is 0 Å². The van der Waals surface area contributed by atoms with E-state index in [9.17, 15) is 14.4 Å². The second-order valence-corrected chi connectivity index (χ2v) is 4.20. The van der Waals surface area contributed by atoms with Crippen molar-refractivity contribution >= 4 is 27.4 Å². The van der Waals surface area contributed by atoms with Gasteiger partial charge in [0.15, 0.2) is 11.5 Å². The van der Waals surface area contributed by atoms with Crippen LogP contribution in [0.25, 0.3) is 21.7 Å². The van der Waals surface area contributed by atoms with Gasteiger partial charge in [0.1, 0.15) is 11.0 Å². The largest absolute Gasteiger partial charge is 0.493 e. The first-order valence-electron chi connectivity index (χ1n) is 5.61. The second kappa shape index (κ2) is 3.83. The molecule has 0 aliphatic carbocycles. The van der Waals surface area contributed by atoms with Crippen LogP contribution in [0.2, 0.25) is 0 Å². The van der Waals surface area contributed by atoms with Crippen LogP contribution in [-0.2, 0) is 0 Å². The van der Waals surface area contributed by atoms with Crippen LogP contribution in [0.1, 0.15) is 0 Å². The summed E-state index contributed by atoms with van der Waals surface area (Å²) in [4.78, 5) is 34.7. The topological polar surface area (TPSA) is 109 Å². The van der Waals surface area contributed by atoms with E-state index in [-0.39, 0.29) is 38.9 Å². The highest BCUT2D eigenvalue weighted by atomic mass is 16.5. The minimum atomic E-state index is -0.858. The number of hydrogen-bond donors (Lipinski definition) is 1. The average molecular weight is 275 g/mol. The number of nitrogens with two attached hydrogens (primary N) is 1. The number of benzene rings is 1. The Morgan fingerprint density at radius 2 is 1.65 bits per heavy atom. The Labute approximate surface area is 110 Å². The van der Waals surface area contributed by atoms with Crippen LogP contribution >= 0.6 is 0 Å². The molecule has 2 aromatic carbocycles. The predicted molar refractivity (Wildman–Crippen MR) is 72.4 cm³/mol. The van der Waals surface area contributed by atoms with Crippen molar-refractivity contribution in [2.24, 2.45) is 0 Å². The highest BCUT2D eigenvalue weighted by Crippen LogP contribution is 2.40. The molecule has 20 heavy (non-hydrogen) atoms. The van der Waals surface area contributed by atoms with E-state index >= 15 is 0 Å². The standard InChI is InChI=1S/C13H9NO6/c1-18-5-3-4-6(9(14)12(5)19-2)7-8(13(17)20-4)11(16)10(7)15/h3H,14H2,1-2H3. The summed E-state index contributed by atoms with van der Waals surface area (Å²) in [7, 11) is 2.79. The summed E-state index contributed by atoms with van der Waals surface area (Å²) in [6, 6.07) is 1.39. The molecule has 102 valence electrons. The first-order chi connectivity index (χ1) is 9.51. The van der Waals surface area contributed by atoms with Crippen molar-refractivity contribution in [1.29, 1.82) is 0 Å². The molecule has 0 aliphatic rings. The summed E-state index contributed by atoms with van der Waals surface area (Å²) < 4.78 is 15.2. The Morgan fingerprint density at radius 3 is 2.25 bits per heavy atom. The number of methoxy groups -OCH3 is 2. The molecule has 1 aromatic heterocycles. The maximum Gasteiger partial charge on any atom is 0.348 e. The molecule has 7 heteroatoms. The Kier molecular flexibility index (Phi) is 2.34. The minimum Gasteiger partial charge on any atom is -0.493 e. The fraction of sp³-hybridized carbons (Fsp3) is 0.154. The summed E-state index contributed by atoms with van der Waals surface area (Å²) in [5.41, 5.74) is 3.63. The fourth-order valence-electron chi connectivity index (χ4n) is 2.31. The molecule has 3 aromatic rings. The van der Waals surface area contributed by atoms with E-state index in [4.69, 9.17) is 19.6 Å². The minimum absolute atomic E-state index is 0.0142. The molecule has 0 saturated heterocycles. The van der Waals surface area contributed by atoms with Crippen LogP contribution in [0.15, 0.2) is 24.9 Å². The second-order valence-electron chi connectivity index (χ2n) is 4.20. The molecule has 0 atom stereocenters. The zero-order valence-corrected chi connectivity index (χ0v) is 10.6. The van der Waals surface area contributed by atoms with Gasteiger partial charge >= 0.3 is 5.63 Å². The average Bonchev–Trinajstić information content (AvgIpc) is 2.44. The van der Waals surface area contributed by atoms with Gasteiger partial charge in [0.2, 0.25) is 10.9 Å². The van der Waals surface area contributed by atoms with Crippen molar-refractivity contribution in [2.75, 3.05) is 20.0 Å². The SMILES string of the molecule is COc1cc2oc(=O)c3c(=O)c(=O)c3c2c(N)c1OC. The Balaban J connectivity index is 2.64. The molecule has 0 fully saturated rings. The molecule has 0 bridgehead atoms. The van der Waals surface area contributed by atoms with E-state index in [1.807, 2.05) is 0 Å². The first-order valence-corrected chi connectivity index (χ1v) is 5.61. The molecule has 3 rings (SSSR count). The molecule has 0 radical (unpaired) electrons. The zero-order chi connectivity index (χ0) is 14.6. The maximum atomic E-state index is 11.7. The number of fused-ring (bicyclic) bond motifs is 3.